The third-order valence-electron chi connectivity index (χ3n) is 5.45. The van der Waals surface area contributed by atoms with Gasteiger partial charge in [0.25, 0.3) is 0 Å². The van der Waals surface area contributed by atoms with Gasteiger partial charge in [-0.1, -0.05) is 35.9 Å². The van der Waals surface area contributed by atoms with Crippen molar-refractivity contribution in [1.82, 2.24) is 5.32 Å². The summed E-state index contributed by atoms with van der Waals surface area (Å²) in [7, 11) is 0. The quantitative estimate of drug-likeness (QED) is 0.852. The average Bonchev–Trinajstić information content (AvgIpc) is 3.43. The second-order valence-corrected chi connectivity index (χ2v) is 7.69. The number of aryl methyl sites for hydroxylation is 1. The molecule has 1 fully saturated rings. The van der Waals surface area contributed by atoms with E-state index in [-0.39, 0.29) is 17.9 Å². The standard InChI is InChI=1S/C21H21ClN2O2/c1-13(14-2-8-18-15(12-14)3-9-19(25)24-18)23-20(26)21(10-11-21)16-4-6-17(22)7-5-16/h2,4-8,12-13H,3,9-11H2,1H3,(H,23,26)(H,24,25). The summed E-state index contributed by atoms with van der Waals surface area (Å²) in [5.74, 6) is 0.128. The fraction of sp³-hybridized carbons (Fsp3) is 0.333. The molecular formula is C21H21ClN2O2. The van der Waals surface area contributed by atoms with Gasteiger partial charge in [0.05, 0.1) is 11.5 Å². The predicted octanol–water partition coefficient (Wildman–Crippen LogP) is 4.13. The van der Waals surface area contributed by atoms with Crippen LogP contribution in [-0.2, 0) is 21.4 Å². The molecule has 134 valence electrons. The van der Waals surface area contributed by atoms with Crippen molar-refractivity contribution in [1.29, 1.82) is 0 Å². The molecule has 0 aromatic heterocycles. The topological polar surface area (TPSA) is 58.2 Å². The second kappa shape index (κ2) is 6.44. The maximum atomic E-state index is 12.9. The van der Waals surface area contributed by atoms with Gasteiger partial charge in [-0.05, 0) is 61.1 Å². The number of carbonyl (C=O) groups is 2. The van der Waals surface area contributed by atoms with Gasteiger partial charge >= 0.3 is 0 Å². The SMILES string of the molecule is CC(NC(=O)C1(c2ccc(Cl)cc2)CC1)c1ccc2c(c1)CCC(=O)N2. The lowest BCUT2D eigenvalue weighted by atomic mass is 9.93. The molecule has 2 N–H and O–H groups in total. The van der Waals surface area contributed by atoms with E-state index in [0.29, 0.717) is 11.4 Å². The highest BCUT2D eigenvalue weighted by Crippen LogP contribution is 2.49. The first-order valence-corrected chi connectivity index (χ1v) is 9.35. The lowest BCUT2D eigenvalue weighted by Crippen LogP contribution is -2.36. The first kappa shape index (κ1) is 17.1. The number of halogens is 1. The molecule has 4 nitrogen and oxygen atoms in total. The van der Waals surface area contributed by atoms with Gasteiger partial charge in [-0.15, -0.1) is 0 Å². The van der Waals surface area contributed by atoms with E-state index >= 15 is 0 Å². The zero-order chi connectivity index (χ0) is 18.3. The zero-order valence-electron chi connectivity index (χ0n) is 14.6. The Balaban J connectivity index is 1.49. The monoisotopic (exact) mass is 368 g/mol. The maximum absolute atomic E-state index is 12.9. The molecular weight excluding hydrogens is 348 g/mol. The molecule has 5 heteroatoms. The van der Waals surface area contributed by atoms with Crippen LogP contribution in [0.15, 0.2) is 42.5 Å². The van der Waals surface area contributed by atoms with E-state index in [0.717, 1.165) is 41.6 Å². The Hall–Kier alpha value is -2.33. The van der Waals surface area contributed by atoms with Crippen molar-refractivity contribution in [2.75, 3.05) is 5.32 Å². The van der Waals surface area contributed by atoms with Crippen molar-refractivity contribution < 1.29 is 9.59 Å². The van der Waals surface area contributed by atoms with Gasteiger partial charge in [0, 0.05) is 17.1 Å². The maximum Gasteiger partial charge on any atom is 0.231 e. The van der Waals surface area contributed by atoms with Crippen LogP contribution in [0.5, 0.6) is 0 Å². The summed E-state index contributed by atoms with van der Waals surface area (Å²) in [5.41, 5.74) is 3.67. The van der Waals surface area contributed by atoms with Crippen LogP contribution in [0.2, 0.25) is 5.02 Å². The number of hydrogen-bond acceptors (Lipinski definition) is 2. The zero-order valence-corrected chi connectivity index (χ0v) is 15.4. The second-order valence-electron chi connectivity index (χ2n) is 7.25. The fourth-order valence-corrected chi connectivity index (χ4v) is 3.76. The minimum atomic E-state index is -0.416. The molecule has 2 amide bonds. The van der Waals surface area contributed by atoms with Gasteiger partial charge in [0.15, 0.2) is 0 Å². The van der Waals surface area contributed by atoms with Crippen LogP contribution in [0.1, 0.15) is 48.9 Å². The highest BCUT2D eigenvalue weighted by Gasteiger charge is 2.51. The summed E-state index contributed by atoms with van der Waals surface area (Å²) in [6, 6.07) is 13.5. The number of rotatable bonds is 4. The summed E-state index contributed by atoms with van der Waals surface area (Å²) in [6.45, 7) is 2.00. The molecule has 1 heterocycles. The Morgan fingerprint density at radius 2 is 1.88 bits per heavy atom. The summed E-state index contributed by atoms with van der Waals surface area (Å²) in [6.07, 6.45) is 2.98. The average molecular weight is 369 g/mol. The van der Waals surface area contributed by atoms with Crippen LogP contribution < -0.4 is 10.6 Å². The Kier molecular flexibility index (Phi) is 4.23. The van der Waals surface area contributed by atoms with Crippen LogP contribution in [-0.4, -0.2) is 11.8 Å². The highest BCUT2D eigenvalue weighted by atomic mass is 35.5. The van der Waals surface area contributed by atoms with Gasteiger partial charge in [-0.25, -0.2) is 0 Å². The predicted molar refractivity (Wildman–Crippen MR) is 102 cm³/mol. The number of hydrogen-bond donors (Lipinski definition) is 2. The smallest absolute Gasteiger partial charge is 0.231 e. The van der Waals surface area contributed by atoms with Gasteiger partial charge in [0.1, 0.15) is 0 Å². The van der Waals surface area contributed by atoms with Crippen LogP contribution in [0.25, 0.3) is 0 Å². The molecule has 2 aromatic carbocycles. The molecule has 1 unspecified atom stereocenters. The lowest BCUT2D eigenvalue weighted by molar-refractivity contribution is -0.124. The van der Waals surface area contributed by atoms with Gasteiger partial charge in [-0.3, -0.25) is 9.59 Å². The van der Waals surface area contributed by atoms with Gasteiger partial charge < -0.3 is 10.6 Å². The molecule has 1 saturated carbocycles. The molecule has 2 aliphatic rings. The number of carbonyl (C=O) groups excluding carboxylic acids is 2. The van der Waals surface area contributed by atoms with Crippen LogP contribution >= 0.6 is 11.6 Å². The molecule has 26 heavy (non-hydrogen) atoms. The third-order valence-corrected chi connectivity index (χ3v) is 5.71. The molecule has 0 saturated heterocycles. The minimum Gasteiger partial charge on any atom is -0.349 e. The molecule has 1 aliphatic carbocycles. The Labute approximate surface area is 157 Å². The van der Waals surface area contributed by atoms with E-state index in [9.17, 15) is 9.59 Å². The Bertz CT molecular complexity index is 872. The Morgan fingerprint density at radius 3 is 2.58 bits per heavy atom. The van der Waals surface area contributed by atoms with Crippen LogP contribution in [0, 0.1) is 0 Å². The van der Waals surface area contributed by atoms with Crippen LogP contribution in [0.4, 0.5) is 5.69 Å². The fourth-order valence-electron chi connectivity index (χ4n) is 3.63. The molecule has 0 spiro atoms. The molecule has 2 aromatic rings. The highest BCUT2D eigenvalue weighted by molar-refractivity contribution is 6.30. The summed E-state index contributed by atoms with van der Waals surface area (Å²) in [5, 5.41) is 6.74. The minimum absolute atomic E-state index is 0.0604. The van der Waals surface area contributed by atoms with E-state index in [1.807, 2.05) is 43.3 Å². The van der Waals surface area contributed by atoms with Crippen molar-refractivity contribution in [3.63, 3.8) is 0 Å². The number of anilines is 1. The van der Waals surface area contributed by atoms with Crippen molar-refractivity contribution in [2.24, 2.45) is 0 Å². The summed E-state index contributed by atoms with van der Waals surface area (Å²) >= 11 is 5.97. The normalized spacial score (nSPS) is 18.5. The first-order chi connectivity index (χ1) is 12.5. The van der Waals surface area contributed by atoms with Gasteiger partial charge in [-0.2, -0.15) is 0 Å². The number of nitrogens with one attached hydrogen (secondary N) is 2. The van der Waals surface area contributed by atoms with Crippen molar-refractivity contribution in [2.45, 2.75) is 44.1 Å². The Morgan fingerprint density at radius 1 is 1.15 bits per heavy atom. The van der Waals surface area contributed by atoms with E-state index in [2.05, 4.69) is 16.7 Å². The number of benzene rings is 2. The molecule has 1 atom stereocenters. The van der Waals surface area contributed by atoms with E-state index < -0.39 is 5.41 Å². The number of amides is 2. The molecule has 1 aliphatic heterocycles. The van der Waals surface area contributed by atoms with Crippen molar-refractivity contribution >= 4 is 29.1 Å². The summed E-state index contributed by atoms with van der Waals surface area (Å²) in [4.78, 5) is 24.4. The van der Waals surface area contributed by atoms with E-state index in [1.165, 1.54) is 0 Å². The van der Waals surface area contributed by atoms with Crippen molar-refractivity contribution in [3.8, 4) is 0 Å². The first-order valence-electron chi connectivity index (χ1n) is 8.98. The molecule has 0 radical (unpaired) electrons. The lowest BCUT2D eigenvalue weighted by Gasteiger charge is -2.23. The van der Waals surface area contributed by atoms with E-state index in [4.69, 9.17) is 11.6 Å². The molecule has 4 rings (SSSR count). The summed E-state index contributed by atoms with van der Waals surface area (Å²) < 4.78 is 0. The number of fused-ring (bicyclic) bond motifs is 1. The molecule has 0 bridgehead atoms. The van der Waals surface area contributed by atoms with Gasteiger partial charge in [0.2, 0.25) is 11.8 Å². The van der Waals surface area contributed by atoms with E-state index in [1.54, 1.807) is 0 Å². The van der Waals surface area contributed by atoms with Crippen molar-refractivity contribution in [3.05, 3.63) is 64.2 Å². The van der Waals surface area contributed by atoms with Crippen LogP contribution in [0.3, 0.4) is 0 Å². The largest absolute Gasteiger partial charge is 0.349 e. The third kappa shape index (κ3) is 3.10.